The molecule has 11 heteroatoms. The number of halogens is 1. The highest BCUT2D eigenvalue weighted by Gasteiger charge is 2.27. The first-order chi connectivity index (χ1) is 15.8. The number of hydrogen-bond donors (Lipinski definition) is 4. The van der Waals surface area contributed by atoms with Crippen LogP contribution in [0.25, 0.3) is 11.0 Å². The molecule has 0 saturated heterocycles. The Balaban J connectivity index is 1.35. The summed E-state index contributed by atoms with van der Waals surface area (Å²) < 4.78 is 1.26. The average molecular weight is 470 g/mol. The van der Waals surface area contributed by atoms with E-state index in [0.29, 0.717) is 27.3 Å². The fourth-order valence-electron chi connectivity index (χ4n) is 3.66. The molecule has 1 aliphatic rings. The number of nitrogens with zero attached hydrogens (tertiary/aromatic N) is 1. The topological polar surface area (TPSA) is 142 Å². The molecule has 3 aromatic rings. The Bertz CT molecular complexity index is 1380. The standard InChI is InChI=1S/C22H20ClN5O5/c23-12-5-7-17-16(11-12)27-21(32)22(33)28(17)10-9-24-18(29)8-6-15-20(31)25-14-4-2-1-3-13(14)19(30)26-15/h1-5,7,11,15H,6,8-10H2,(H,24,29)(H,25,31)(H,26,30)(H,27,32). The molecule has 0 aliphatic carbocycles. The molecule has 33 heavy (non-hydrogen) atoms. The zero-order chi connectivity index (χ0) is 23.5. The van der Waals surface area contributed by atoms with Crippen molar-refractivity contribution in [3.63, 3.8) is 0 Å². The van der Waals surface area contributed by atoms with Gasteiger partial charge in [-0.3, -0.25) is 24.0 Å². The number of anilines is 1. The highest BCUT2D eigenvalue weighted by atomic mass is 35.5. The smallest absolute Gasteiger partial charge is 0.316 e. The molecule has 1 unspecified atom stereocenters. The Morgan fingerprint density at radius 1 is 1.09 bits per heavy atom. The molecule has 0 saturated carbocycles. The quantitative estimate of drug-likeness (QED) is 0.398. The van der Waals surface area contributed by atoms with E-state index in [1.54, 1.807) is 36.4 Å². The van der Waals surface area contributed by atoms with Gasteiger partial charge in [-0.15, -0.1) is 0 Å². The summed E-state index contributed by atoms with van der Waals surface area (Å²) in [6.07, 6.45) is 0.0825. The lowest BCUT2D eigenvalue weighted by molar-refractivity contribution is -0.121. The molecule has 0 fully saturated rings. The molecule has 0 radical (unpaired) electrons. The first-order valence-electron chi connectivity index (χ1n) is 10.2. The zero-order valence-corrected chi connectivity index (χ0v) is 18.1. The number of hydrogen-bond acceptors (Lipinski definition) is 5. The van der Waals surface area contributed by atoms with Crippen molar-refractivity contribution < 1.29 is 14.4 Å². The Kier molecular flexibility index (Phi) is 6.27. The number of benzene rings is 2. The summed E-state index contributed by atoms with van der Waals surface area (Å²) in [5.74, 6) is -1.15. The second kappa shape index (κ2) is 9.29. The monoisotopic (exact) mass is 469 g/mol. The SMILES string of the molecule is O=C(CCC1NC(=O)c2ccccc2NC1=O)NCCn1c(=O)c(=O)[nH]c2cc(Cl)ccc21. The number of rotatable bonds is 6. The third-order valence-electron chi connectivity index (χ3n) is 5.31. The van der Waals surface area contributed by atoms with Crippen LogP contribution in [0.15, 0.2) is 52.1 Å². The van der Waals surface area contributed by atoms with Crippen LogP contribution < -0.4 is 27.1 Å². The van der Waals surface area contributed by atoms with Gasteiger partial charge >= 0.3 is 11.1 Å². The molecule has 3 amide bonds. The van der Waals surface area contributed by atoms with Gasteiger partial charge in [0.2, 0.25) is 11.8 Å². The van der Waals surface area contributed by atoms with Crippen LogP contribution in [0.3, 0.4) is 0 Å². The normalized spacial score (nSPS) is 15.4. The molecule has 1 atom stereocenters. The number of fused-ring (bicyclic) bond motifs is 2. The minimum absolute atomic E-state index is 0.0185. The van der Waals surface area contributed by atoms with Crippen LogP contribution in [0.4, 0.5) is 5.69 Å². The fraction of sp³-hybridized carbons (Fsp3) is 0.227. The van der Waals surface area contributed by atoms with Crippen molar-refractivity contribution in [3.05, 3.63) is 73.8 Å². The van der Waals surface area contributed by atoms with E-state index in [4.69, 9.17) is 11.6 Å². The van der Waals surface area contributed by atoms with E-state index in [0.717, 1.165) is 0 Å². The number of amides is 3. The van der Waals surface area contributed by atoms with Gasteiger partial charge in [0.05, 0.1) is 22.3 Å². The van der Waals surface area contributed by atoms with Gasteiger partial charge in [-0.2, -0.15) is 0 Å². The van der Waals surface area contributed by atoms with E-state index in [2.05, 4.69) is 20.9 Å². The van der Waals surface area contributed by atoms with Crippen molar-refractivity contribution in [1.82, 2.24) is 20.2 Å². The van der Waals surface area contributed by atoms with Crippen molar-refractivity contribution in [2.24, 2.45) is 0 Å². The van der Waals surface area contributed by atoms with Crippen LogP contribution >= 0.6 is 11.6 Å². The lowest BCUT2D eigenvalue weighted by Crippen LogP contribution is -2.42. The summed E-state index contributed by atoms with van der Waals surface area (Å²) in [6.45, 7) is 0.164. The summed E-state index contributed by atoms with van der Waals surface area (Å²) in [5, 5.41) is 8.41. The average Bonchev–Trinajstić information content (AvgIpc) is 2.90. The maximum absolute atomic E-state index is 12.4. The van der Waals surface area contributed by atoms with E-state index in [1.807, 2.05) is 0 Å². The van der Waals surface area contributed by atoms with Crippen molar-refractivity contribution in [2.75, 3.05) is 11.9 Å². The summed E-state index contributed by atoms with van der Waals surface area (Å²) in [6, 6.07) is 10.5. The predicted molar refractivity (Wildman–Crippen MR) is 122 cm³/mol. The maximum Gasteiger partial charge on any atom is 0.316 e. The van der Waals surface area contributed by atoms with Gasteiger partial charge in [0.1, 0.15) is 6.04 Å². The van der Waals surface area contributed by atoms with Crippen LogP contribution in [-0.2, 0) is 16.1 Å². The molecular weight excluding hydrogens is 450 g/mol. The minimum Gasteiger partial charge on any atom is -0.354 e. The summed E-state index contributed by atoms with van der Waals surface area (Å²) >= 11 is 5.94. The Labute approximate surface area is 191 Å². The molecule has 2 heterocycles. The number of aromatic nitrogens is 2. The fourth-order valence-corrected chi connectivity index (χ4v) is 3.83. The lowest BCUT2D eigenvalue weighted by Gasteiger charge is -2.14. The molecule has 4 N–H and O–H groups in total. The summed E-state index contributed by atoms with van der Waals surface area (Å²) in [7, 11) is 0. The molecule has 0 spiro atoms. The lowest BCUT2D eigenvalue weighted by atomic mass is 10.1. The van der Waals surface area contributed by atoms with Gasteiger partial charge in [0.15, 0.2) is 0 Å². The van der Waals surface area contributed by atoms with Crippen molar-refractivity contribution in [3.8, 4) is 0 Å². The highest BCUT2D eigenvalue weighted by molar-refractivity contribution is 6.31. The summed E-state index contributed by atoms with van der Waals surface area (Å²) in [4.78, 5) is 63.7. The molecule has 170 valence electrons. The maximum atomic E-state index is 12.4. The van der Waals surface area contributed by atoms with Gasteiger partial charge in [-0.1, -0.05) is 23.7 Å². The molecular formula is C22H20ClN5O5. The van der Waals surface area contributed by atoms with Gasteiger partial charge in [-0.05, 0) is 36.8 Å². The predicted octanol–water partition coefficient (Wildman–Crippen LogP) is 0.990. The number of nitrogens with one attached hydrogen (secondary N) is 4. The van der Waals surface area contributed by atoms with Crippen LogP contribution in [0, 0.1) is 0 Å². The molecule has 4 rings (SSSR count). The van der Waals surface area contributed by atoms with Gasteiger partial charge < -0.3 is 25.5 Å². The second-order valence-electron chi connectivity index (χ2n) is 7.52. The highest BCUT2D eigenvalue weighted by Crippen LogP contribution is 2.19. The van der Waals surface area contributed by atoms with E-state index in [9.17, 15) is 24.0 Å². The number of carbonyl (C=O) groups is 3. The van der Waals surface area contributed by atoms with Crippen molar-refractivity contribution >= 4 is 46.0 Å². The van der Waals surface area contributed by atoms with Crippen LogP contribution in [0.2, 0.25) is 5.02 Å². The van der Waals surface area contributed by atoms with Crippen LogP contribution in [0.1, 0.15) is 23.2 Å². The van der Waals surface area contributed by atoms with E-state index < -0.39 is 29.0 Å². The van der Waals surface area contributed by atoms with Crippen LogP contribution in [0.5, 0.6) is 0 Å². The van der Waals surface area contributed by atoms with E-state index >= 15 is 0 Å². The van der Waals surface area contributed by atoms with E-state index in [1.165, 1.54) is 10.6 Å². The molecule has 0 bridgehead atoms. The second-order valence-corrected chi connectivity index (χ2v) is 7.96. The molecule has 1 aromatic heterocycles. The van der Waals surface area contributed by atoms with Crippen LogP contribution in [-0.4, -0.2) is 39.9 Å². The van der Waals surface area contributed by atoms with Crippen molar-refractivity contribution in [1.29, 1.82) is 0 Å². The molecule has 10 nitrogen and oxygen atoms in total. The Hall–Kier alpha value is -3.92. The zero-order valence-electron chi connectivity index (χ0n) is 17.3. The number of para-hydroxylation sites is 1. The Morgan fingerprint density at radius 3 is 2.70 bits per heavy atom. The Morgan fingerprint density at radius 2 is 1.88 bits per heavy atom. The first kappa shape index (κ1) is 22.3. The number of aromatic amines is 1. The first-order valence-corrected chi connectivity index (χ1v) is 10.6. The van der Waals surface area contributed by atoms with Crippen molar-refractivity contribution in [2.45, 2.75) is 25.4 Å². The third-order valence-corrected chi connectivity index (χ3v) is 5.54. The van der Waals surface area contributed by atoms with E-state index in [-0.39, 0.29) is 31.8 Å². The largest absolute Gasteiger partial charge is 0.354 e. The van der Waals surface area contributed by atoms with Gasteiger partial charge in [-0.25, -0.2) is 0 Å². The third kappa shape index (κ3) is 4.80. The molecule has 1 aliphatic heterocycles. The number of carbonyl (C=O) groups excluding carboxylic acids is 3. The van der Waals surface area contributed by atoms with Gasteiger partial charge in [0, 0.05) is 24.5 Å². The minimum atomic E-state index is -0.861. The summed E-state index contributed by atoms with van der Waals surface area (Å²) in [5.41, 5.74) is 0.146. The van der Waals surface area contributed by atoms with Gasteiger partial charge in [0.25, 0.3) is 5.91 Å². The number of H-pyrrole nitrogens is 1. The molecule has 2 aromatic carbocycles.